The first-order valence-electron chi connectivity index (χ1n) is 9.88. The van der Waals surface area contributed by atoms with E-state index in [4.69, 9.17) is 10.5 Å². The van der Waals surface area contributed by atoms with Gasteiger partial charge in [0, 0.05) is 16.1 Å². The third-order valence-corrected chi connectivity index (χ3v) is 5.87. The highest BCUT2D eigenvalue weighted by Crippen LogP contribution is 2.49. The smallest absolute Gasteiger partial charge is 0.252 e. The minimum atomic E-state index is -0.324. The molecular weight excluding hydrogens is 428 g/mol. The molecule has 1 saturated carbocycles. The highest BCUT2D eigenvalue weighted by Gasteiger charge is 2.47. The zero-order valence-electron chi connectivity index (χ0n) is 16.7. The van der Waals surface area contributed by atoms with E-state index in [0.717, 1.165) is 28.4 Å². The zero-order valence-corrected chi connectivity index (χ0v) is 18.3. The third kappa shape index (κ3) is 4.16. The van der Waals surface area contributed by atoms with Crippen molar-refractivity contribution in [2.75, 3.05) is 6.61 Å². The van der Waals surface area contributed by atoms with Crippen LogP contribution in [0.3, 0.4) is 0 Å². The van der Waals surface area contributed by atoms with Crippen LogP contribution in [0.25, 0.3) is 10.8 Å². The molecule has 29 heavy (non-hydrogen) atoms. The number of aryl methyl sites for hydroxylation is 1. The first-order chi connectivity index (χ1) is 13.9. The second-order valence-corrected chi connectivity index (χ2v) is 8.89. The van der Waals surface area contributed by atoms with E-state index < -0.39 is 0 Å². The molecule has 0 spiro atoms. The summed E-state index contributed by atoms with van der Waals surface area (Å²) >= 11 is 3.63. The van der Waals surface area contributed by atoms with E-state index in [2.05, 4.69) is 45.5 Å². The normalized spacial score (nSPS) is 15.7. The standard InChI is InChI=1S/C24H25BrN2O2/c1-15-7-8-19(29-14-16(2)26)13-21(15)23(28)27-24(9-10-24)22-12-18(25)11-17-5-3-4-6-20(17)22/h3-8,11-13,16H,9-10,14,26H2,1-2H3,(H,27,28)/t16-/m0/s1. The number of carbonyl (C=O) groups excluding carboxylic acids is 1. The average Bonchev–Trinajstić information content (AvgIpc) is 3.47. The van der Waals surface area contributed by atoms with Crippen LogP contribution in [-0.4, -0.2) is 18.6 Å². The van der Waals surface area contributed by atoms with Crippen molar-refractivity contribution >= 4 is 32.6 Å². The van der Waals surface area contributed by atoms with E-state index in [9.17, 15) is 4.79 Å². The Kier molecular flexibility index (Phi) is 5.36. The molecule has 0 heterocycles. The van der Waals surface area contributed by atoms with E-state index in [1.807, 2.05) is 44.2 Å². The van der Waals surface area contributed by atoms with Gasteiger partial charge < -0.3 is 15.8 Å². The molecule has 1 atom stereocenters. The highest BCUT2D eigenvalue weighted by atomic mass is 79.9. The van der Waals surface area contributed by atoms with Crippen molar-refractivity contribution in [3.8, 4) is 5.75 Å². The van der Waals surface area contributed by atoms with Crippen LogP contribution in [0.4, 0.5) is 0 Å². The van der Waals surface area contributed by atoms with Gasteiger partial charge in [0.25, 0.3) is 5.91 Å². The van der Waals surface area contributed by atoms with Crippen LogP contribution < -0.4 is 15.8 Å². The number of ether oxygens (including phenoxy) is 1. The second-order valence-electron chi connectivity index (χ2n) is 7.98. The largest absolute Gasteiger partial charge is 0.492 e. The Balaban J connectivity index is 1.63. The van der Waals surface area contributed by atoms with E-state index >= 15 is 0 Å². The van der Waals surface area contributed by atoms with Gasteiger partial charge in [-0.1, -0.05) is 46.3 Å². The number of halogens is 1. The fourth-order valence-corrected chi connectivity index (χ4v) is 4.18. The monoisotopic (exact) mass is 452 g/mol. The molecular formula is C24H25BrN2O2. The number of carbonyl (C=O) groups is 1. The Bertz CT molecular complexity index is 1070. The molecule has 3 N–H and O–H groups in total. The molecule has 0 unspecified atom stereocenters. The molecule has 1 fully saturated rings. The van der Waals surface area contributed by atoms with Gasteiger partial charge in [0.05, 0.1) is 5.54 Å². The SMILES string of the molecule is Cc1ccc(OC[C@H](C)N)cc1C(=O)NC1(c2cc(Br)cc3ccccc23)CC1. The molecule has 0 aliphatic heterocycles. The van der Waals surface area contributed by atoms with Gasteiger partial charge in [-0.3, -0.25) is 4.79 Å². The summed E-state index contributed by atoms with van der Waals surface area (Å²) in [5, 5.41) is 5.66. The maximum Gasteiger partial charge on any atom is 0.252 e. The Labute approximate surface area is 179 Å². The fraction of sp³-hybridized carbons (Fsp3) is 0.292. The van der Waals surface area contributed by atoms with Gasteiger partial charge in [0.2, 0.25) is 0 Å². The first kappa shape index (κ1) is 19.9. The van der Waals surface area contributed by atoms with Gasteiger partial charge in [-0.15, -0.1) is 0 Å². The fourth-order valence-electron chi connectivity index (χ4n) is 3.70. The molecule has 1 aliphatic rings. The molecule has 5 heteroatoms. The molecule has 0 radical (unpaired) electrons. The molecule has 0 saturated heterocycles. The van der Waals surface area contributed by atoms with E-state index in [1.54, 1.807) is 0 Å². The van der Waals surface area contributed by atoms with Crippen molar-refractivity contribution < 1.29 is 9.53 Å². The van der Waals surface area contributed by atoms with Crippen molar-refractivity contribution in [1.82, 2.24) is 5.32 Å². The van der Waals surface area contributed by atoms with Gasteiger partial charge in [0.1, 0.15) is 12.4 Å². The predicted molar refractivity (Wildman–Crippen MR) is 120 cm³/mol. The van der Waals surface area contributed by atoms with Crippen molar-refractivity contribution in [1.29, 1.82) is 0 Å². The summed E-state index contributed by atoms with van der Waals surface area (Å²) in [6.45, 7) is 4.25. The van der Waals surface area contributed by atoms with Crippen molar-refractivity contribution in [3.63, 3.8) is 0 Å². The number of amides is 1. The van der Waals surface area contributed by atoms with Crippen molar-refractivity contribution in [3.05, 3.63) is 75.8 Å². The third-order valence-electron chi connectivity index (χ3n) is 5.41. The lowest BCUT2D eigenvalue weighted by Gasteiger charge is -2.21. The van der Waals surface area contributed by atoms with Crippen LogP contribution in [0.2, 0.25) is 0 Å². The lowest BCUT2D eigenvalue weighted by Crippen LogP contribution is -2.35. The topological polar surface area (TPSA) is 64.3 Å². The quantitative estimate of drug-likeness (QED) is 0.549. The Morgan fingerprint density at radius 2 is 1.97 bits per heavy atom. The first-order valence-corrected chi connectivity index (χ1v) is 10.7. The minimum Gasteiger partial charge on any atom is -0.492 e. The molecule has 1 aliphatic carbocycles. The molecule has 4 nitrogen and oxygen atoms in total. The molecule has 3 aromatic carbocycles. The summed E-state index contributed by atoms with van der Waals surface area (Å²) in [7, 11) is 0. The minimum absolute atomic E-state index is 0.0619. The summed E-state index contributed by atoms with van der Waals surface area (Å²) in [5.74, 6) is 0.589. The van der Waals surface area contributed by atoms with Crippen LogP contribution in [0.1, 0.15) is 41.3 Å². The van der Waals surface area contributed by atoms with Crippen molar-refractivity contribution in [2.45, 2.75) is 38.3 Å². The van der Waals surface area contributed by atoms with Gasteiger partial charge in [-0.2, -0.15) is 0 Å². The molecule has 0 aromatic heterocycles. The molecule has 0 bridgehead atoms. The summed E-state index contributed by atoms with van der Waals surface area (Å²) in [5.41, 5.74) is 8.17. The Morgan fingerprint density at radius 1 is 1.21 bits per heavy atom. The maximum absolute atomic E-state index is 13.2. The summed E-state index contributed by atoms with van der Waals surface area (Å²) in [4.78, 5) is 13.2. The summed E-state index contributed by atoms with van der Waals surface area (Å²) in [6.07, 6.45) is 1.86. The van der Waals surface area contributed by atoms with Gasteiger partial charge in [-0.25, -0.2) is 0 Å². The van der Waals surface area contributed by atoms with Crippen LogP contribution in [0.15, 0.2) is 59.1 Å². The van der Waals surface area contributed by atoms with Crippen LogP contribution in [0.5, 0.6) is 5.75 Å². The number of rotatable bonds is 6. The molecule has 150 valence electrons. The second kappa shape index (κ2) is 7.81. The Morgan fingerprint density at radius 3 is 2.69 bits per heavy atom. The number of nitrogens with one attached hydrogen (secondary N) is 1. The lowest BCUT2D eigenvalue weighted by molar-refractivity contribution is 0.0930. The summed E-state index contributed by atoms with van der Waals surface area (Å²) < 4.78 is 6.73. The van der Waals surface area contributed by atoms with Crippen molar-refractivity contribution in [2.24, 2.45) is 5.73 Å². The number of hydrogen-bond donors (Lipinski definition) is 2. The van der Waals surface area contributed by atoms with E-state index in [1.165, 1.54) is 10.8 Å². The Hall–Kier alpha value is -2.37. The van der Waals surface area contributed by atoms with Gasteiger partial charge in [-0.05, 0) is 72.9 Å². The van der Waals surface area contributed by atoms with Gasteiger partial charge >= 0.3 is 0 Å². The van der Waals surface area contributed by atoms with Gasteiger partial charge in [0.15, 0.2) is 0 Å². The maximum atomic E-state index is 13.2. The molecule has 1 amide bonds. The molecule has 4 rings (SSSR count). The predicted octanol–water partition coefficient (Wildman–Crippen LogP) is 5.06. The lowest BCUT2D eigenvalue weighted by atomic mass is 9.96. The number of hydrogen-bond acceptors (Lipinski definition) is 3. The number of nitrogens with two attached hydrogens (primary N) is 1. The van der Waals surface area contributed by atoms with Crippen LogP contribution in [0, 0.1) is 6.92 Å². The van der Waals surface area contributed by atoms with E-state index in [-0.39, 0.29) is 17.5 Å². The zero-order chi connectivity index (χ0) is 20.6. The van der Waals surface area contributed by atoms with E-state index in [0.29, 0.717) is 17.9 Å². The van der Waals surface area contributed by atoms with Crippen LogP contribution in [-0.2, 0) is 5.54 Å². The molecule has 3 aromatic rings. The number of fused-ring (bicyclic) bond motifs is 1. The van der Waals surface area contributed by atoms with Crippen LogP contribution >= 0.6 is 15.9 Å². The summed E-state index contributed by atoms with van der Waals surface area (Å²) in [6, 6.07) is 18.1. The highest BCUT2D eigenvalue weighted by molar-refractivity contribution is 9.10. The number of benzene rings is 3. The average molecular weight is 453 g/mol.